The monoisotopic (exact) mass is 1250 g/mol. The number of Topliss-reactive ketones (excluding diaryl/α,β-unsaturated/α-hetero) is 1. The molecule has 1 unspecified atom stereocenters. The minimum absolute atomic E-state index is 0. The predicted molar refractivity (Wildman–Crippen MR) is 315 cm³/mol. The standard InChI is InChI=1S/C29H53NO6Si.C27H50O6Si.C4H8O2.CH3.Pd/c1-20(24(30)17-21(2)31)16-22-13-14-25-29(36-22,19-34-37(9,10)28(6,7)8)18-23(35-25)12-11-15-33-26(32)27(3,4)5;1-19(20(2)28)16-21-13-14-23-27(33-21,18-31-34(9,10)26(6,7)8)17-22(32-23)12-11-15-30-24(29)25(3,4)5;5-4-2-1-3-6-4;;/h17,20,22-23,25H,11-16,18-19,30H2,1-10H3;19,21-23H,11-18H2,1-10H3;4-5H,1-3H2;1H3;/q;;;-1;/b24-17-;;;;/t20-,22-,23+,25+,29-;19-,21-,22+,23+,27-;;;/m11.../s1. The molecule has 15 nitrogen and oxygen atoms in total. The fraction of sp³-hybridized carbons (Fsp3) is 0.885. The van der Waals surface area contributed by atoms with Gasteiger partial charge in [0, 0.05) is 57.9 Å². The number of allylic oxidation sites excluding steroid dienone is 2. The van der Waals surface area contributed by atoms with Crippen molar-refractivity contribution >= 4 is 40.1 Å². The molecule has 0 radical (unpaired) electrons. The molecule has 5 fully saturated rings. The zero-order chi connectivity index (χ0) is 58.6. The molecule has 0 aliphatic carbocycles. The summed E-state index contributed by atoms with van der Waals surface area (Å²) in [5.41, 5.74) is 4.85. The maximum atomic E-state index is 12.1. The van der Waals surface area contributed by atoms with Crippen LogP contribution in [0.5, 0.6) is 0 Å². The fourth-order valence-corrected chi connectivity index (χ4v) is 11.8. The number of aliphatic hydroxyl groups is 1. The molecular weight excluding hydrogens is 1130 g/mol. The number of ether oxygens (including phenoxy) is 7. The van der Waals surface area contributed by atoms with Crippen LogP contribution < -0.4 is 5.73 Å². The molecule has 0 bridgehead atoms. The fourth-order valence-electron chi connectivity index (χ4n) is 9.70. The Bertz CT molecular complexity index is 1920. The van der Waals surface area contributed by atoms with E-state index in [0.717, 1.165) is 96.5 Å². The summed E-state index contributed by atoms with van der Waals surface area (Å²) in [4.78, 5) is 47.5. The number of esters is 2. The normalized spacial score (nSPS) is 28.2. The van der Waals surface area contributed by atoms with Crippen LogP contribution in [0.3, 0.4) is 0 Å². The molecule has 0 aromatic heterocycles. The summed E-state index contributed by atoms with van der Waals surface area (Å²) >= 11 is 0. The van der Waals surface area contributed by atoms with Crippen molar-refractivity contribution in [2.75, 3.05) is 33.0 Å². The van der Waals surface area contributed by atoms with Gasteiger partial charge in [0.05, 0.1) is 73.9 Å². The predicted octanol–water partition coefficient (Wildman–Crippen LogP) is 12.5. The largest absolute Gasteiger partial charge is 0.465 e. The second kappa shape index (κ2) is 31.7. The molecule has 0 spiro atoms. The summed E-state index contributed by atoms with van der Waals surface area (Å²) in [6.45, 7) is 43.6. The number of aliphatic hydroxyl groups excluding tert-OH is 1. The average Bonchev–Trinajstić information content (AvgIpc) is 4.03. The maximum absolute atomic E-state index is 12.1. The Morgan fingerprint density at radius 1 is 0.646 bits per heavy atom. The number of carbonyl (C=O) groups is 4. The minimum Gasteiger partial charge on any atom is -0.465 e. The molecule has 5 rings (SSSR count). The number of hydrogen-bond donors (Lipinski definition) is 2. The van der Waals surface area contributed by atoms with Gasteiger partial charge >= 0.3 is 11.9 Å². The van der Waals surface area contributed by atoms with Crippen molar-refractivity contribution in [1.82, 2.24) is 0 Å². The molecule has 5 aliphatic heterocycles. The summed E-state index contributed by atoms with van der Waals surface area (Å²) < 4.78 is 55.7. The maximum Gasteiger partial charge on any atom is 0.311 e. The van der Waals surface area contributed by atoms with Crippen molar-refractivity contribution in [1.29, 1.82) is 0 Å². The first kappa shape index (κ1) is 75.6. The Balaban J connectivity index is 0.000000697. The molecule has 466 valence electrons. The van der Waals surface area contributed by atoms with Crippen LogP contribution in [-0.2, 0) is 81.6 Å². The number of ketones is 2. The van der Waals surface area contributed by atoms with E-state index in [1.165, 1.54) is 13.0 Å². The summed E-state index contributed by atoms with van der Waals surface area (Å²) in [7, 11) is -3.94. The molecule has 11 atom stereocenters. The van der Waals surface area contributed by atoms with Crippen LogP contribution in [0, 0.1) is 30.1 Å². The first-order valence-corrected chi connectivity index (χ1v) is 35.1. The van der Waals surface area contributed by atoms with Gasteiger partial charge in [0.25, 0.3) is 0 Å². The van der Waals surface area contributed by atoms with Gasteiger partial charge in [-0.25, -0.2) is 0 Å². The molecule has 0 amide bonds. The first-order valence-electron chi connectivity index (χ1n) is 29.3. The zero-order valence-corrected chi connectivity index (χ0v) is 56.9. The van der Waals surface area contributed by atoms with Crippen molar-refractivity contribution in [3.63, 3.8) is 0 Å². The third-order valence-electron chi connectivity index (χ3n) is 17.1. The third-order valence-corrected chi connectivity index (χ3v) is 26.1. The molecule has 5 heterocycles. The molecule has 3 N–H and O–H groups in total. The van der Waals surface area contributed by atoms with Crippen molar-refractivity contribution in [2.45, 2.75) is 291 Å². The molecule has 18 heteroatoms. The van der Waals surface area contributed by atoms with E-state index in [-0.39, 0.29) is 110 Å². The molecule has 79 heavy (non-hydrogen) atoms. The summed E-state index contributed by atoms with van der Waals surface area (Å²) in [6, 6.07) is 0. The number of rotatable bonds is 21. The molecule has 0 saturated carbocycles. The van der Waals surface area contributed by atoms with E-state index in [0.29, 0.717) is 32.1 Å². The van der Waals surface area contributed by atoms with E-state index >= 15 is 0 Å². The van der Waals surface area contributed by atoms with Crippen LogP contribution in [0.2, 0.25) is 36.3 Å². The molecule has 0 aromatic carbocycles. The van der Waals surface area contributed by atoms with Crippen LogP contribution >= 0.6 is 0 Å². The van der Waals surface area contributed by atoms with Crippen molar-refractivity contribution in [3.05, 3.63) is 19.2 Å². The van der Waals surface area contributed by atoms with E-state index < -0.39 is 45.0 Å². The summed E-state index contributed by atoms with van der Waals surface area (Å²) in [6.07, 6.45) is 12.9. The van der Waals surface area contributed by atoms with Crippen LogP contribution in [0.15, 0.2) is 11.8 Å². The van der Waals surface area contributed by atoms with Crippen LogP contribution in [0.1, 0.15) is 201 Å². The topological polar surface area (TPSA) is 198 Å². The van der Waals surface area contributed by atoms with Gasteiger partial charge in [-0.3, -0.25) is 19.2 Å². The molecule has 5 aliphatic rings. The quantitative estimate of drug-likeness (QED) is 0.0362. The van der Waals surface area contributed by atoms with Crippen molar-refractivity contribution in [3.8, 4) is 0 Å². The van der Waals surface area contributed by atoms with E-state index in [4.69, 9.17) is 52.9 Å². The summed E-state index contributed by atoms with van der Waals surface area (Å²) in [5, 5.41) is 8.72. The van der Waals surface area contributed by atoms with Crippen LogP contribution in [0.4, 0.5) is 0 Å². The van der Waals surface area contributed by atoms with Gasteiger partial charge in [0.2, 0.25) is 0 Å². The van der Waals surface area contributed by atoms with Gasteiger partial charge in [0.1, 0.15) is 17.0 Å². The van der Waals surface area contributed by atoms with Gasteiger partial charge in [-0.15, -0.1) is 0 Å². The Hall–Kier alpha value is -1.40. The van der Waals surface area contributed by atoms with Gasteiger partial charge in [-0.2, -0.15) is 0 Å². The van der Waals surface area contributed by atoms with E-state index in [9.17, 15) is 19.2 Å². The van der Waals surface area contributed by atoms with E-state index in [1.807, 2.05) is 48.5 Å². The Labute approximate surface area is 496 Å². The van der Waals surface area contributed by atoms with Gasteiger partial charge in [-0.1, -0.05) is 55.4 Å². The minimum atomic E-state index is -1.99. The second-order valence-electron chi connectivity index (χ2n) is 28.4. The average molecular weight is 1250 g/mol. The van der Waals surface area contributed by atoms with Crippen molar-refractivity contribution < 1.29 is 86.7 Å². The van der Waals surface area contributed by atoms with E-state index in [1.54, 1.807) is 6.92 Å². The van der Waals surface area contributed by atoms with Crippen LogP contribution in [-0.4, -0.2) is 132 Å². The molecule has 5 saturated heterocycles. The van der Waals surface area contributed by atoms with Crippen LogP contribution in [0.25, 0.3) is 0 Å². The molecule has 0 aromatic rings. The number of carbonyl (C=O) groups excluding carboxylic acids is 4. The van der Waals surface area contributed by atoms with Gasteiger partial charge in [-0.05, 0) is 174 Å². The second-order valence-corrected chi connectivity index (χ2v) is 38.0. The Kier molecular flexibility index (Phi) is 30.3. The smallest absolute Gasteiger partial charge is 0.311 e. The number of fused-ring (bicyclic) bond motifs is 2. The summed E-state index contributed by atoms with van der Waals surface area (Å²) in [5.74, 6) is -0.115. The first-order chi connectivity index (χ1) is 35.2. The van der Waals surface area contributed by atoms with Gasteiger partial charge in [0.15, 0.2) is 28.7 Å². The Morgan fingerprint density at radius 3 is 1.34 bits per heavy atom. The number of hydrogen-bond acceptors (Lipinski definition) is 15. The van der Waals surface area contributed by atoms with Crippen molar-refractivity contribution in [2.24, 2.45) is 28.4 Å². The van der Waals surface area contributed by atoms with Gasteiger partial charge < -0.3 is 60.3 Å². The van der Waals surface area contributed by atoms with E-state index in [2.05, 4.69) is 74.7 Å². The SMILES string of the molecule is CC(=O)/C=C(\N)[C@H](C)C[C@H]1CC[C@@H]2O[C@@H](CCCOC(=O)C(C)(C)C)C[C@]2(CO[Si](C)(C)C(C)(C)C)O1.CC(=O)[C@H](C)C[C@H]1CC[C@@H]2O[C@@H](CCCOC(=O)C(C)(C)C)C[C@]2(CO[Si](C)(C)C(C)(C)C)O1.OC1CCCO1.[CH3-].[Pd]. The number of nitrogens with two attached hydrogens (primary N) is 1. The third kappa shape index (κ3) is 23.9. The zero-order valence-electron chi connectivity index (χ0n) is 53.4. The molecular formula is C61H114NO14PdSi2-. The Morgan fingerprint density at radius 2 is 1.04 bits per heavy atom.